The highest BCUT2D eigenvalue weighted by Crippen LogP contribution is 2.31. The van der Waals surface area contributed by atoms with Gasteiger partial charge in [-0.3, -0.25) is 9.59 Å². The van der Waals surface area contributed by atoms with Crippen molar-refractivity contribution in [2.75, 3.05) is 13.7 Å². The van der Waals surface area contributed by atoms with Crippen molar-refractivity contribution in [3.63, 3.8) is 0 Å². The fourth-order valence-electron chi connectivity index (χ4n) is 2.91. The third kappa shape index (κ3) is 6.05. The summed E-state index contributed by atoms with van der Waals surface area (Å²) in [5.41, 5.74) is 1.44. The number of nitrogens with zero attached hydrogens (tertiary/aromatic N) is 1. The molecule has 2 aromatic carbocycles. The number of hydrogen-bond donors (Lipinski definition) is 1. The van der Waals surface area contributed by atoms with Crippen LogP contribution in [-0.2, 0) is 21.5 Å². The van der Waals surface area contributed by atoms with Crippen LogP contribution in [-0.4, -0.2) is 36.4 Å². The van der Waals surface area contributed by atoms with E-state index in [1.165, 1.54) is 18.0 Å². The number of amides is 2. The molecule has 2 rings (SSSR count). The number of likely N-dealkylation sites (N-methyl/N-ethyl adjacent to an activating group) is 1. The average molecular weight is 479 g/mol. The Morgan fingerprint density at radius 2 is 1.87 bits per heavy atom. The van der Waals surface area contributed by atoms with Gasteiger partial charge in [-0.25, -0.2) is 4.39 Å². The fraction of sp³-hybridized carbons (Fsp3) is 0.391. The quantitative estimate of drug-likeness (QED) is 0.640. The van der Waals surface area contributed by atoms with Crippen molar-refractivity contribution in [2.24, 2.45) is 0 Å². The largest absolute Gasteiger partial charge is 0.483 e. The van der Waals surface area contributed by atoms with Gasteiger partial charge in [0.25, 0.3) is 5.91 Å². The van der Waals surface area contributed by atoms with Crippen LogP contribution in [0, 0.1) is 5.82 Å². The van der Waals surface area contributed by atoms with Crippen LogP contribution in [0.25, 0.3) is 0 Å². The molecule has 0 aliphatic rings. The first kappa shape index (κ1) is 23.9. The molecule has 2 amide bonds. The molecule has 1 unspecified atom stereocenters. The summed E-state index contributed by atoms with van der Waals surface area (Å²) < 4.78 is 20.6. The third-order valence-corrected chi connectivity index (χ3v) is 5.48. The van der Waals surface area contributed by atoms with Crippen LogP contribution in [0.5, 0.6) is 5.75 Å². The number of carbonyl (C=O) groups is 2. The highest BCUT2D eigenvalue weighted by Gasteiger charge is 2.27. The number of carbonyl (C=O) groups excluding carboxylic acids is 2. The smallest absolute Gasteiger partial charge is 0.261 e. The molecule has 1 N–H and O–H groups in total. The molecule has 0 fully saturated rings. The molecular formula is C23H28BrFN2O3. The molecule has 0 saturated carbocycles. The van der Waals surface area contributed by atoms with E-state index in [1.54, 1.807) is 31.2 Å². The normalized spacial score (nSPS) is 12.2. The lowest BCUT2D eigenvalue weighted by Gasteiger charge is -2.28. The summed E-state index contributed by atoms with van der Waals surface area (Å²) in [6.07, 6.45) is 0. The van der Waals surface area contributed by atoms with E-state index in [0.29, 0.717) is 11.3 Å². The van der Waals surface area contributed by atoms with E-state index in [0.717, 1.165) is 10.0 Å². The van der Waals surface area contributed by atoms with Gasteiger partial charge in [0, 0.05) is 19.2 Å². The van der Waals surface area contributed by atoms with Crippen LogP contribution < -0.4 is 10.1 Å². The van der Waals surface area contributed by atoms with Gasteiger partial charge in [-0.15, -0.1) is 0 Å². The van der Waals surface area contributed by atoms with Gasteiger partial charge >= 0.3 is 0 Å². The minimum atomic E-state index is -0.780. The second kappa shape index (κ2) is 10.1. The molecule has 0 aromatic heterocycles. The molecule has 30 heavy (non-hydrogen) atoms. The predicted octanol–water partition coefficient (Wildman–Crippen LogP) is 4.43. The summed E-state index contributed by atoms with van der Waals surface area (Å²) in [6.45, 7) is 7.63. The Morgan fingerprint density at radius 1 is 1.20 bits per heavy atom. The standard InChI is InChI=1S/C23H28BrFN2O3/c1-15(22(29)26-5)27(13-16-8-6-7-9-19(16)25)21(28)14-30-20-11-10-17(12-18(20)24)23(2,3)4/h6-12,15H,13-14H2,1-5H3,(H,26,29). The summed E-state index contributed by atoms with van der Waals surface area (Å²) >= 11 is 3.49. The van der Waals surface area contributed by atoms with Gasteiger partial charge in [0.05, 0.1) is 4.47 Å². The van der Waals surface area contributed by atoms with Crippen LogP contribution in [0.3, 0.4) is 0 Å². The Labute approximate surface area is 185 Å². The van der Waals surface area contributed by atoms with Crippen LogP contribution in [0.1, 0.15) is 38.8 Å². The number of nitrogens with one attached hydrogen (secondary N) is 1. The first-order chi connectivity index (χ1) is 14.0. The van der Waals surface area contributed by atoms with Crippen molar-refractivity contribution >= 4 is 27.7 Å². The summed E-state index contributed by atoms with van der Waals surface area (Å²) in [5.74, 6) is -0.660. The Bertz CT molecular complexity index is 912. The van der Waals surface area contributed by atoms with E-state index >= 15 is 0 Å². The van der Waals surface area contributed by atoms with E-state index in [9.17, 15) is 14.0 Å². The second-order valence-corrected chi connectivity index (χ2v) is 8.94. The molecular weight excluding hydrogens is 451 g/mol. The number of ether oxygens (including phenoxy) is 1. The summed E-state index contributed by atoms with van der Waals surface area (Å²) in [4.78, 5) is 26.4. The zero-order chi connectivity index (χ0) is 22.5. The molecule has 0 aliphatic carbocycles. The van der Waals surface area contributed by atoms with Crippen LogP contribution >= 0.6 is 15.9 Å². The maximum atomic E-state index is 14.1. The molecule has 0 heterocycles. The van der Waals surface area contributed by atoms with E-state index in [4.69, 9.17) is 4.74 Å². The first-order valence-electron chi connectivity index (χ1n) is 9.72. The molecule has 7 heteroatoms. The van der Waals surface area contributed by atoms with Crippen molar-refractivity contribution in [3.05, 3.63) is 63.9 Å². The van der Waals surface area contributed by atoms with Gasteiger partial charge in [0.15, 0.2) is 6.61 Å². The second-order valence-electron chi connectivity index (χ2n) is 8.09. The van der Waals surface area contributed by atoms with E-state index < -0.39 is 17.8 Å². The lowest BCUT2D eigenvalue weighted by Crippen LogP contribution is -2.48. The predicted molar refractivity (Wildman–Crippen MR) is 119 cm³/mol. The maximum Gasteiger partial charge on any atom is 0.261 e. The number of rotatable bonds is 7. The third-order valence-electron chi connectivity index (χ3n) is 4.86. The van der Waals surface area contributed by atoms with Gasteiger partial charge < -0.3 is 15.0 Å². The molecule has 5 nitrogen and oxygen atoms in total. The van der Waals surface area contributed by atoms with Gasteiger partial charge in [-0.2, -0.15) is 0 Å². The van der Waals surface area contributed by atoms with Crippen LogP contribution in [0.15, 0.2) is 46.9 Å². The molecule has 162 valence electrons. The summed E-state index contributed by atoms with van der Waals surface area (Å²) in [5, 5.41) is 2.53. The SMILES string of the molecule is CNC(=O)C(C)N(Cc1ccccc1F)C(=O)COc1ccc(C(C)(C)C)cc1Br. The monoisotopic (exact) mass is 478 g/mol. The zero-order valence-electron chi connectivity index (χ0n) is 18.0. The Morgan fingerprint density at radius 3 is 2.43 bits per heavy atom. The lowest BCUT2D eigenvalue weighted by molar-refractivity contribution is -0.142. The molecule has 0 saturated heterocycles. The van der Waals surface area contributed by atoms with E-state index in [2.05, 4.69) is 42.0 Å². The van der Waals surface area contributed by atoms with Crippen molar-refractivity contribution < 1.29 is 18.7 Å². The van der Waals surface area contributed by atoms with Gasteiger partial charge in [-0.1, -0.05) is 45.0 Å². The van der Waals surface area contributed by atoms with E-state index in [-0.39, 0.29) is 24.5 Å². The maximum absolute atomic E-state index is 14.1. The zero-order valence-corrected chi connectivity index (χ0v) is 19.5. The van der Waals surface area contributed by atoms with Crippen molar-refractivity contribution in [3.8, 4) is 5.75 Å². The topological polar surface area (TPSA) is 58.6 Å². The molecule has 0 radical (unpaired) electrons. The average Bonchev–Trinajstić information content (AvgIpc) is 2.70. The van der Waals surface area contributed by atoms with Crippen molar-refractivity contribution in [1.29, 1.82) is 0 Å². The number of hydrogen-bond acceptors (Lipinski definition) is 3. The summed E-state index contributed by atoms with van der Waals surface area (Å²) in [7, 11) is 1.50. The number of halogens is 2. The Balaban J connectivity index is 2.18. The minimum Gasteiger partial charge on any atom is -0.483 e. The summed E-state index contributed by atoms with van der Waals surface area (Å²) in [6, 6.07) is 11.1. The van der Waals surface area contributed by atoms with E-state index in [1.807, 2.05) is 12.1 Å². The van der Waals surface area contributed by atoms with Crippen molar-refractivity contribution in [2.45, 2.75) is 45.7 Å². The molecule has 0 aliphatic heterocycles. The van der Waals surface area contributed by atoms with Crippen LogP contribution in [0.4, 0.5) is 4.39 Å². The lowest BCUT2D eigenvalue weighted by atomic mass is 9.87. The fourth-order valence-corrected chi connectivity index (χ4v) is 3.40. The first-order valence-corrected chi connectivity index (χ1v) is 10.5. The van der Waals surface area contributed by atoms with Gasteiger partial charge in [-0.05, 0) is 52.0 Å². The highest BCUT2D eigenvalue weighted by atomic mass is 79.9. The molecule has 0 spiro atoms. The van der Waals surface area contributed by atoms with Gasteiger partial charge in [0.2, 0.25) is 5.91 Å². The molecule has 0 bridgehead atoms. The Kier molecular flexibility index (Phi) is 8.01. The van der Waals surface area contributed by atoms with Gasteiger partial charge in [0.1, 0.15) is 17.6 Å². The number of benzene rings is 2. The molecule has 2 aromatic rings. The van der Waals surface area contributed by atoms with Crippen LogP contribution in [0.2, 0.25) is 0 Å². The van der Waals surface area contributed by atoms with Crippen molar-refractivity contribution in [1.82, 2.24) is 10.2 Å². The molecule has 1 atom stereocenters. The minimum absolute atomic E-state index is 0.0175. The highest BCUT2D eigenvalue weighted by molar-refractivity contribution is 9.10. The Hall–Kier alpha value is -2.41.